The quantitative estimate of drug-likeness (QED) is 0.340. The highest BCUT2D eigenvalue weighted by Crippen LogP contribution is 2.39. The molecular weight excluding hydrogens is 503 g/mol. The fourth-order valence-corrected chi connectivity index (χ4v) is 4.80. The lowest BCUT2D eigenvalue weighted by Crippen LogP contribution is -2.28. The van der Waals surface area contributed by atoms with Gasteiger partial charge in [-0.15, -0.1) is 0 Å². The van der Waals surface area contributed by atoms with Crippen molar-refractivity contribution < 1.29 is 19.1 Å². The largest absolute Gasteiger partial charge is 0.493 e. The van der Waals surface area contributed by atoms with E-state index in [9.17, 15) is 9.59 Å². The number of anilines is 1. The highest BCUT2D eigenvalue weighted by Gasteiger charge is 2.31. The Bertz CT molecular complexity index is 1140. The summed E-state index contributed by atoms with van der Waals surface area (Å²) in [5.74, 6) is 0.0581. The van der Waals surface area contributed by atoms with E-state index in [0.29, 0.717) is 37.8 Å². The van der Waals surface area contributed by atoms with Crippen molar-refractivity contribution in [2.45, 2.75) is 20.3 Å². The molecule has 0 unspecified atom stereocenters. The first-order valence-electron chi connectivity index (χ1n) is 10.0. The lowest BCUT2D eigenvalue weighted by Gasteiger charge is -2.14. The molecule has 2 amide bonds. The Labute approximate surface area is 212 Å². The second kappa shape index (κ2) is 11.2. The van der Waals surface area contributed by atoms with Crippen LogP contribution in [0.3, 0.4) is 0 Å². The van der Waals surface area contributed by atoms with Gasteiger partial charge in [-0.25, -0.2) is 0 Å². The van der Waals surface area contributed by atoms with Gasteiger partial charge in [0, 0.05) is 17.3 Å². The molecule has 0 spiro atoms. The van der Waals surface area contributed by atoms with Gasteiger partial charge in [0.15, 0.2) is 18.1 Å². The molecule has 2 aromatic carbocycles. The van der Waals surface area contributed by atoms with Gasteiger partial charge in [0.1, 0.15) is 4.32 Å². The number of amides is 2. The number of hydrogen-bond acceptors (Lipinski definition) is 6. The Morgan fingerprint density at radius 2 is 2.00 bits per heavy atom. The molecule has 174 valence electrons. The molecule has 2 aromatic rings. The van der Waals surface area contributed by atoms with Crippen LogP contribution >= 0.6 is 47.2 Å². The topological polar surface area (TPSA) is 67.9 Å². The van der Waals surface area contributed by atoms with Gasteiger partial charge in [0.05, 0.1) is 17.0 Å². The highest BCUT2D eigenvalue weighted by atomic mass is 35.5. The van der Waals surface area contributed by atoms with Crippen molar-refractivity contribution in [3.63, 3.8) is 0 Å². The molecule has 33 heavy (non-hydrogen) atoms. The summed E-state index contributed by atoms with van der Waals surface area (Å²) >= 11 is 19.1. The zero-order chi connectivity index (χ0) is 24.1. The normalized spacial score (nSPS) is 14.7. The van der Waals surface area contributed by atoms with Crippen molar-refractivity contribution >= 4 is 75.1 Å². The summed E-state index contributed by atoms with van der Waals surface area (Å²) in [6.07, 6.45) is 2.52. The van der Waals surface area contributed by atoms with Crippen LogP contribution in [0.25, 0.3) is 6.08 Å². The molecule has 1 N–H and O–H groups in total. The average Bonchev–Trinajstić information content (AvgIpc) is 3.03. The third-order valence-corrected chi connectivity index (χ3v) is 6.74. The zero-order valence-corrected chi connectivity index (χ0v) is 21.4. The Hall–Kier alpha value is -2.26. The second-order valence-electron chi connectivity index (χ2n) is 7.17. The molecular formula is C23H22Cl2N2O4S2. The number of hydrogen-bond donors (Lipinski definition) is 1. The summed E-state index contributed by atoms with van der Waals surface area (Å²) in [7, 11) is 1.47. The minimum absolute atomic E-state index is 0.129. The molecule has 1 fully saturated rings. The minimum Gasteiger partial charge on any atom is -0.493 e. The maximum Gasteiger partial charge on any atom is 0.266 e. The number of thiocarbonyl (C=S) groups is 1. The van der Waals surface area contributed by atoms with E-state index < -0.39 is 0 Å². The van der Waals surface area contributed by atoms with Gasteiger partial charge in [0.25, 0.3) is 11.8 Å². The van der Waals surface area contributed by atoms with Crippen molar-refractivity contribution in [2.24, 2.45) is 0 Å². The Kier molecular flexibility index (Phi) is 8.64. The van der Waals surface area contributed by atoms with E-state index >= 15 is 0 Å². The first-order chi connectivity index (χ1) is 15.7. The van der Waals surface area contributed by atoms with Crippen LogP contribution in [0.15, 0.2) is 35.2 Å². The Morgan fingerprint density at radius 3 is 2.67 bits per heavy atom. The molecule has 0 radical (unpaired) electrons. The van der Waals surface area contributed by atoms with Crippen LogP contribution in [0.4, 0.5) is 5.69 Å². The van der Waals surface area contributed by atoms with Crippen LogP contribution in [0, 0.1) is 6.92 Å². The molecule has 1 heterocycles. The van der Waals surface area contributed by atoms with Crippen molar-refractivity contribution in [1.29, 1.82) is 0 Å². The molecule has 0 aliphatic carbocycles. The zero-order valence-electron chi connectivity index (χ0n) is 18.2. The first-order valence-corrected chi connectivity index (χ1v) is 12.0. The van der Waals surface area contributed by atoms with E-state index in [4.69, 9.17) is 44.9 Å². The van der Waals surface area contributed by atoms with Crippen LogP contribution in [-0.4, -0.2) is 41.3 Å². The van der Waals surface area contributed by atoms with Crippen molar-refractivity contribution in [3.05, 3.63) is 56.4 Å². The average molecular weight is 525 g/mol. The predicted octanol–water partition coefficient (Wildman–Crippen LogP) is 5.94. The van der Waals surface area contributed by atoms with Crippen molar-refractivity contribution in [1.82, 2.24) is 4.90 Å². The van der Waals surface area contributed by atoms with Gasteiger partial charge in [-0.1, -0.05) is 60.2 Å². The van der Waals surface area contributed by atoms with Crippen LogP contribution in [-0.2, 0) is 9.59 Å². The van der Waals surface area contributed by atoms with Crippen molar-refractivity contribution in [3.8, 4) is 11.5 Å². The molecule has 0 aromatic heterocycles. The molecule has 10 heteroatoms. The number of nitrogens with one attached hydrogen (secondary N) is 1. The molecule has 6 nitrogen and oxygen atoms in total. The molecule has 0 saturated carbocycles. The van der Waals surface area contributed by atoms with E-state index in [1.54, 1.807) is 35.2 Å². The number of rotatable bonds is 8. The van der Waals surface area contributed by atoms with Crippen molar-refractivity contribution in [2.75, 3.05) is 25.6 Å². The first kappa shape index (κ1) is 25.4. The predicted molar refractivity (Wildman–Crippen MR) is 138 cm³/mol. The van der Waals surface area contributed by atoms with Crippen LogP contribution in [0.5, 0.6) is 11.5 Å². The third-order valence-electron chi connectivity index (χ3n) is 4.67. The summed E-state index contributed by atoms with van der Waals surface area (Å²) in [4.78, 5) is 27.0. The lowest BCUT2D eigenvalue weighted by molar-refractivity contribution is -0.122. The van der Waals surface area contributed by atoms with Gasteiger partial charge < -0.3 is 14.8 Å². The molecule has 1 aliphatic rings. The number of carbonyl (C=O) groups excluding carboxylic acids is 2. The number of halogens is 2. The molecule has 0 bridgehead atoms. The highest BCUT2D eigenvalue weighted by molar-refractivity contribution is 8.26. The fraction of sp³-hybridized carbons (Fsp3) is 0.261. The maximum atomic E-state index is 12.6. The summed E-state index contributed by atoms with van der Waals surface area (Å²) in [5.41, 5.74) is 2.13. The number of carbonyl (C=O) groups is 2. The van der Waals surface area contributed by atoms with Gasteiger partial charge in [0.2, 0.25) is 0 Å². The third kappa shape index (κ3) is 6.20. The maximum absolute atomic E-state index is 12.6. The standard InChI is InChI=1S/C23H22Cl2N2O4S2/c1-4-7-27-22(29)19(33-23(27)32)10-14-8-17(25)21(18(9-14)30-3)31-12-20(28)26-15-6-5-13(2)16(24)11-15/h5-6,8-11H,4,7,12H2,1-3H3,(H,26,28)/b19-10-. The van der Waals surface area contributed by atoms with Gasteiger partial charge in [-0.05, 0) is 54.8 Å². The van der Waals surface area contributed by atoms with E-state index in [0.717, 1.165) is 12.0 Å². The molecule has 3 rings (SSSR count). The summed E-state index contributed by atoms with van der Waals surface area (Å²) in [5, 5.41) is 3.52. The minimum atomic E-state index is -0.378. The van der Waals surface area contributed by atoms with E-state index in [-0.39, 0.29) is 29.2 Å². The molecule has 1 aliphatic heterocycles. The monoisotopic (exact) mass is 524 g/mol. The summed E-state index contributed by atoms with van der Waals surface area (Å²) < 4.78 is 11.6. The van der Waals surface area contributed by atoms with Gasteiger partial charge in [-0.3, -0.25) is 14.5 Å². The smallest absolute Gasteiger partial charge is 0.266 e. The SMILES string of the molecule is CCCN1C(=O)/C(=C/c2cc(Cl)c(OCC(=O)Nc3ccc(C)c(Cl)c3)c(OC)c2)SC1=S. The van der Waals surface area contributed by atoms with Crippen LogP contribution in [0.2, 0.25) is 10.0 Å². The van der Waals surface area contributed by atoms with E-state index in [2.05, 4.69) is 5.32 Å². The van der Waals surface area contributed by atoms with E-state index in [1.165, 1.54) is 18.9 Å². The number of aryl methyl sites for hydroxylation is 1. The lowest BCUT2D eigenvalue weighted by atomic mass is 10.1. The summed E-state index contributed by atoms with van der Waals surface area (Å²) in [6.45, 7) is 4.16. The van der Waals surface area contributed by atoms with E-state index in [1.807, 2.05) is 19.9 Å². The van der Waals surface area contributed by atoms with Crippen LogP contribution < -0.4 is 14.8 Å². The second-order valence-corrected chi connectivity index (χ2v) is 9.66. The molecule has 0 atom stereocenters. The number of ether oxygens (including phenoxy) is 2. The number of methoxy groups -OCH3 is 1. The number of benzene rings is 2. The Morgan fingerprint density at radius 1 is 1.24 bits per heavy atom. The fourth-order valence-electron chi connectivity index (χ4n) is 3.04. The Balaban J connectivity index is 1.73. The number of thioether (sulfide) groups is 1. The number of nitrogens with zero attached hydrogens (tertiary/aromatic N) is 1. The molecule has 1 saturated heterocycles. The van der Waals surface area contributed by atoms with Gasteiger partial charge >= 0.3 is 0 Å². The van der Waals surface area contributed by atoms with Crippen LogP contribution in [0.1, 0.15) is 24.5 Å². The summed E-state index contributed by atoms with van der Waals surface area (Å²) in [6, 6.07) is 8.56. The van der Waals surface area contributed by atoms with Gasteiger partial charge in [-0.2, -0.15) is 0 Å².